The van der Waals surface area contributed by atoms with Crippen LogP contribution in [0.1, 0.15) is 29.4 Å². The summed E-state index contributed by atoms with van der Waals surface area (Å²) in [6.07, 6.45) is 0.684. The van der Waals surface area contributed by atoms with Crippen molar-refractivity contribution in [2.75, 3.05) is 6.54 Å². The topological polar surface area (TPSA) is 154 Å². The molecule has 0 bridgehead atoms. The minimum atomic E-state index is -0.882. The van der Waals surface area contributed by atoms with Gasteiger partial charge in [-0.1, -0.05) is 24.6 Å². The minimum absolute atomic E-state index is 0.126. The first-order valence-corrected chi connectivity index (χ1v) is 8.19. The predicted octanol–water partition coefficient (Wildman–Crippen LogP) is -1.22. The van der Waals surface area contributed by atoms with Gasteiger partial charge in [0.1, 0.15) is 0 Å². The number of nitrogens with zero attached hydrogens (tertiary/aromatic N) is 5. The van der Waals surface area contributed by atoms with E-state index in [2.05, 4.69) is 15.5 Å². The van der Waals surface area contributed by atoms with E-state index in [1.807, 2.05) is 13.8 Å². The van der Waals surface area contributed by atoms with E-state index < -0.39 is 22.9 Å². The molecule has 0 aliphatic carbocycles. The van der Waals surface area contributed by atoms with E-state index in [1.165, 1.54) is 7.05 Å². The number of hydrogen-bond donors (Lipinski definition) is 3. The Kier molecular flexibility index (Phi) is 6.08. The highest BCUT2D eigenvalue weighted by Crippen LogP contribution is 2.05. The van der Waals surface area contributed by atoms with Crippen molar-refractivity contribution >= 4 is 11.9 Å². The van der Waals surface area contributed by atoms with Crippen molar-refractivity contribution in [3.05, 3.63) is 56.4 Å². The molecule has 11 heteroatoms. The van der Waals surface area contributed by atoms with E-state index in [4.69, 9.17) is 11.7 Å². The van der Waals surface area contributed by atoms with Crippen LogP contribution in [0.4, 0.5) is 0 Å². The van der Waals surface area contributed by atoms with Crippen LogP contribution in [0.2, 0.25) is 0 Å². The Morgan fingerprint density at radius 3 is 2.48 bits per heavy atom. The molecule has 27 heavy (non-hydrogen) atoms. The van der Waals surface area contributed by atoms with Gasteiger partial charge in [-0.3, -0.25) is 19.9 Å². The Labute approximate surface area is 154 Å². The number of aromatic nitrogens is 3. The van der Waals surface area contributed by atoms with E-state index in [0.29, 0.717) is 18.7 Å². The van der Waals surface area contributed by atoms with Gasteiger partial charge in [0, 0.05) is 13.6 Å². The molecule has 0 spiro atoms. The molecule has 0 saturated carbocycles. The summed E-state index contributed by atoms with van der Waals surface area (Å²) in [5.41, 5.74) is -0.765. The number of hydrogen-bond acceptors (Lipinski definition) is 7. The molecule has 1 heterocycles. The molecule has 0 unspecified atom stereocenters. The minimum Gasteiger partial charge on any atom is -0.320 e. The summed E-state index contributed by atoms with van der Waals surface area (Å²) in [7, 11) is 1.34. The van der Waals surface area contributed by atoms with Gasteiger partial charge in [0.25, 0.3) is 11.5 Å². The van der Waals surface area contributed by atoms with Gasteiger partial charge >= 0.3 is 5.69 Å². The van der Waals surface area contributed by atoms with Gasteiger partial charge in [-0.25, -0.2) is 19.9 Å². The highest BCUT2D eigenvalue weighted by Gasteiger charge is 2.21. The van der Waals surface area contributed by atoms with E-state index in [0.717, 1.165) is 19.8 Å². The van der Waals surface area contributed by atoms with Crippen LogP contribution in [0.3, 0.4) is 0 Å². The number of hydrazine groups is 1. The quantitative estimate of drug-likeness (QED) is 0.262. The Hall–Kier alpha value is -3.47. The molecule has 0 fully saturated rings. The van der Waals surface area contributed by atoms with Crippen LogP contribution in [0.25, 0.3) is 5.69 Å². The molecule has 144 valence electrons. The van der Waals surface area contributed by atoms with Crippen molar-refractivity contribution in [2.45, 2.75) is 20.3 Å². The molecule has 11 nitrogen and oxygen atoms in total. The first kappa shape index (κ1) is 19.8. The maximum absolute atomic E-state index is 12.7. The maximum atomic E-state index is 12.7. The van der Waals surface area contributed by atoms with Crippen molar-refractivity contribution in [2.24, 2.45) is 23.8 Å². The Balaban J connectivity index is 2.49. The van der Waals surface area contributed by atoms with E-state index >= 15 is 0 Å². The first-order valence-electron chi connectivity index (χ1n) is 8.19. The number of hydrazone groups is 1. The number of guanidine groups is 1. The fraction of sp³-hybridized carbons (Fsp3) is 0.312. The van der Waals surface area contributed by atoms with Gasteiger partial charge in [-0.15, -0.1) is 5.10 Å². The van der Waals surface area contributed by atoms with E-state index in [-0.39, 0.29) is 5.96 Å². The third kappa shape index (κ3) is 4.20. The van der Waals surface area contributed by atoms with E-state index in [1.54, 1.807) is 24.3 Å². The van der Waals surface area contributed by atoms with Crippen molar-refractivity contribution in [3.63, 3.8) is 0 Å². The lowest BCUT2D eigenvalue weighted by Gasteiger charge is -2.19. The fourth-order valence-electron chi connectivity index (χ4n) is 2.32. The normalized spacial score (nSPS) is 11.3. The predicted molar refractivity (Wildman–Crippen MR) is 100 cm³/mol. The standard InChI is InChI=1S/C16H22N8O3/c1-4-9-23(18)15(20-17)19-13(25)12-14(26)24(16(27)22(3)21-12)11-7-5-10(2)6-8-11/h5-8H,4,9,17-18H2,1-3H3,(H,19,20,25). The summed E-state index contributed by atoms with van der Waals surface area (Å²) in [4.78, 5) is 37.6. The lowest BCUT2D eigenvalue weighted by atomic mass is 10.2. The number of rotatable bonds is 4. The number of nitrogens with two attached hydrogens (primary N) is 2. The smallest absolute Gasteiger partial charge is 0.320 e. The first-order chi connectivity index (χ1) is 12.8. The molecular formula is C16H22N8O3. The van der Waals surface area contributed by atoms with Crippen LogP contribution in [-0.4, -0.2) is 37.8 Å². The number of carbonyl (C=O) groups is 1. The summed E-state index contributed by atoms with van der Waals surface area (Å²) in [5, 5.41) is 10.7. The maximum Gasteiger partial charge on any atom is 0.351 e. The monoisotopic (exact) mass is 374 g/mol. The zero-order chi connectivity index (χ0) is 20.1. The summed E-state index contributed by atoms with van der Waals surface area (Å²) in [6.45, 7) is 4.13. The second-order valence-electron chi connectivity index (χ2n) is 5.83. The zero-order valence-corrected chi connectivity index (χ0v) is 15.3. The summed E-state index contributed by atoms with van der Waals surface area (Å²) in [6, 6.07) is 6.71. The molecule has 1 aromatic carbocycles. The molecule has 2 aromatic rings. The number of amides is 1. The van der Waals surface area contributed by atoms with Gasteiger partial charge in [-0.2, -0.15) is 5.10 Å². The molecule has 1 aromatic heterocycles. The second-order valence-corrected chi connectivity index (χ2v) is 5.83. The summed E-state index contributed by atoms with van der Waals surface area (Å²) >= 11 is 0. The average Bonchev–Trinajstić information content (AvgIpc) is 2.64. The molecular weight excluding hydrogens is 352 g/mol. The highest BCUT2D eigenvalue weighted by atomic mass is 16.2. The molecule has 0 aliphatic rings. The molecule has 5 N–H and O–H groups in total. The van der Waals surface area contributed by atoms with Crippen LogP contribution < -0.4 is 28.3 Å². The fourth-order valence-corrected chi connectivity index (χ4v) is 2.32. The van der Waals surface area contributed by atoms with Crippen molar-refractivity contribution in [1.82, 2.24) is 24.7 Å². The highest BCUT2D eigenvalue weighted by molar-refractivity contribution is 6.04. The van der Waals surface area contributed by atoms with Crippen LogP contribution in [0.15, 0.2) is 39.0 Å². The Bertz CT molecular complexity index is 975. The molecule has 0 radical (unpaired) electrons. The third-order valence-corrected chi connectivity index (χ3v) is 3.72. The van der Waals surface area contributed by atoms with Crippen LogP contribution in [-0.2, 0) is 7.05 Å². The largest absolute Gasteiger partial charge is 0.351 e. The lowest BCUT2D eigenvalue weighted by Crippen LogP contribution is -2.51. The molecule has 2 rings (SSSR count). The second kappa shape index (κ2) is 8.27. The number of aryl methyl sites for hydroxylation is 2. The SMILES string of the molecule is CCCN(N)/C(=N\N)NC(=O)c1nn(C)c(=O)n(-c2ccc(C)cc2)c1=O. The summed E-state index contributed by atoms with van der Waals surface area (Å²) < 4.78 is 1.77. The molecule has 1 amide bonds. The number of benzene rings is 1. The Morgan fingerprint density at radius 1 is 1.30 bits per heavy atom. The van der Waals surface area contributed by atoms with Crippen LogP contribution >= 0.6 is 0 Å². The zero-order valence-electron chi connectivity index (χ0n) is 15.3. The number of carbonyl (C=O) groups excluding carboxylic acids is 1. The Morgan fingerprint density at radius 2 is 1.93 bits per heavy atom. The van der Waals surface area contributed by atoms with Gasteiger partial charge < -0.3 is 5.84 Å². The van der Waals surface area contributed by atoms with Gasteiger partial charge in [0.2, 0.25) is 11.7 Å². The van der Waals surface area contributed by atoms with E-state index in [9.17, 15) is 14.4 Å². The van der Waals surface area contributed by atoms with Gasteiger partial charge in [-0.05, 0) is 25.5 Å². The van der Waals surface area contributed by atoms with Crippen LogP contribution in [0, 0.1) is 6.92 Å². The summed E-state index contributed by atoms with van der Waals surface area (Å²) in [5.74, 6) is 9.98. The van der Waals surface area contributed by atoms with Crippen molar-refractivity contribution in [1.29, 1.82) is 0 Å². The molecule has 0 aliphatic heterocycles. The molecule has 0 atom stereocenters. The van der Waals surface area contributed by atoms with Gasteiger partial charge in [0.15, 0.2) is 0 Å². The third-order valence-electron chi connectivity index (χ3n) is 3.72. The lowest BCUT2D eigenvalue weighted by molar-refractivity contribution is 0.0962. The average molecular weight is 374 g/mol. The van der Waals surface area contributed by atoms with Gasteiger partial charge in [0.05, 0.1) is 5.69 Å². The van der Waals surface area contributed by atoms with Crippen molar-refractivity contribution < 1.29 is 4.79 Å². The van der Waals surface area contributed by atoms with Crippen molar-refractivity contribution in [3.8, 4) is 5.69 Å². The number of nitrogens with one attached hydrogen (secondary N) is 1. The molecule has 0 saturated heterocycles. The van der Waals surface area contributed by atoms with Crippen LogP contribution in [0.5, 0.6) is 0 Å².